The topological polar surface area (TPSA) is 99.8 Å². The first kappa shape index (κ1) is 10.2. The Labute approximate surface area is 91.9 Å². The predicted molar refractivity (Wildman–Crippen MR) is 59.0 cm³/mol. The van der Waals surface area contributed by atoms with E-state index >= 15 is 0 Å². The predicted octanol–water partition coefficient (Wildman–Crippen LogP) is 0.257. The van der Waals surface area contributed by atoms with Gasteiger partial charge >= 0.3 is 0 Å². The minimum atomic E-state index is -0.649. The maximum absolute atomic E-state index is 11.0. The summed E-state index contributed by atoms with van der Waals surface area (Å²) in [4.78, 5) is 15.2. The first-order chi connectivity index (χ1) is 7.58. The van der Waals surface area contributed by atoms with Gasteiger partial charge in [0.15, 0.2) is 11.5 Å². The monoisotopic (exact) mass is 217 g/mol. The van der Waals surface area contributed by atoms with Crippen molar-refractivity contribution in [3.63, 3.8) is 0 Å². The van der Waals surface area contributed by atoms with Crippen molar-refractivity contribution in [1.82, 2.24) is 14.8 Å². The Morgan fingerprint density at radius 1 is 1.44 bits per heavy atom. The summed E-state index contributed by atoms with van der Waals surface area (Å²) in [5.41, 5.74) is 11.9. The van der Waals surface area contributed by atoms with Crippen LogP contribution in [0.4, 0.5) is 5.69 Å². The van der Waals surface area contributed by atoms with Gasteiger partial charge in [0, 0.05) is 5.69 Å². The summed E-state index contributed by atoms with van der Waals surface area (Å²) in [7, 11) is 0. The highest BCUT2D eigenvalue weighted by atomic mass is 16.1. The van der Waals surface area contributed by atoms with E-state index in [1.54, 1.807) is 6.07 Å². The van der Waals surface area contributed by atoms with Crippen molar-refractivity contribution in [1.29, 1.82) is 0 Å². The van der Waals surface area contributed by atoms with Crippen LogP contribution in [-0.4, -0.2) is 20.7 Å². The van der Waals surface area contributed by atoms with Crippen LogP contribution in [0.2, 0.25) is 0 Å². The Hall–Kier alpha value is -2.37. The zero-order chi connectivity index (χ0) is 11.7. The number of hydrogen-bond donors (Lipinski definition) is 2. The van der Waals surface area contributed by atoms with Gasteiger partial charge in [0.25, 0.3) is 5.91 Å². The van der Waals surface area contributed by atoms with E-state index in [0.29, 0.717) is 5.82 Å². The number of aryl methyl sites for hydroxylation is 1. The smallest absolute Gasteiger partial charge is 0.271 e. The van der Waals surface area contributed by atoms with Crippen molar-refractivity contribution < 1.29 is 4.79 Å². The van der Waals surface area contributed by atoms with Crippen LogP contribution in [0.25, 0.3) is 5.82 Å². The van der Waals surface area contributed by atoms with E-state index in [1.807, 2.05) is 19.1 Å². The normalized spacial score (nSPS) is 10.3. The lowest BCUT2D eigenvalue weighted by molar-refractivity contribution is 0.0996. The number of aromatic nitrogens is 3. The third kappa shape index (κ3) is 1.72. The van der Waals surface area contributed by atoms with Crippen LogP contribution in [0.1, 0.15) is 16.2 Å². The van der Waals surface area contributed by atoms with E-state index in [1.165, 1.54) is 10.9 Å². The molecule has 2 rings (SSSR count). The van der Waals surface area contributed by atoms with Crippen molar-refractivity contribution in [3.8, 4) is 5.82 Å². The number of nitrogens with two attached hydrogens (primary N) is 2. The molecule has 0 atom stereocenters. The number of carbonyl (C=O) groups is 1. The molecule has 0 radical (unpaired) electrons. The molecule has 0 bridgehead atoms. The summed E-state index contributed by atoms with van der Waals surface area (Å²) in [6.45, 7) is 1.87. The molecule has 0 aliphatic rings. The van der Waals surface area contributed by atoms with Gasteiger partial charge < -0.3 is 11.5 Å². The summed E-state index contributed by atoms with van der Waals surface area (Å²) in [6.07, 6.45) is 1.52. The zero-order valence-electron chi connectivity index (χ0n) is 8.71. The van der Waals surface area contributed by atoms with Crippen LogP contribution in [-0.2, 0) is 0 Å². The molecule has 0 unspecified atom stereocenters. The van der Waals surface area contributed by atoms with Gasteiger partial charge in [-0.3, -0.25) is 4.79 Å². The lowest BCUT2D eigenvalue weighted by Gasteiger charge is -2.00. The molecule has 4 N–H and O–H groups in total. The number of rotatable bonds is 2. The summed E-state index contributed by atoms with van der Waals surface area (Å²) < 4.78 is 1.43. The van der Waals surface area contributed by atoms with E-state index in [2.05, 4.69) is 10.1 Å². The van der Waals surface area contributed by atoms with Crippen molar-refractivity contribution >= 4 is 11.6 Å². The molecule has 0 fully saturated rings. The number of anilines is 1. The van der Waals surface area contributed by atoms with Gasteiger partial charge in [-0.1, -0.05) is 6.07 Å². The third-order valence-corrected chi connectivity index (χ3v) is 2.08. The fourth-order valence-corrected chi connectivity index (χ4v) is 1.35. The number of amides is 1. The number of carbonyl (C=O) groups excluding carboxylic acids is 1. The number of primary amides is 1. The van der Waals surface area contributed by atoms with Crippen molar-refractivity contribution in [2.24, 2.45) is 5.73 Å². The Bertz CT molecular complexity index is 546. The first-order valence-corrected chi connectivity index (χ1v) is 4.67. The second kappa shape index (κ2) is 3.65. The molecule has 0 saturated carbocycles. The van der Waals surface area contributed by atoms with Gasteiger partial charge in [0.05, 0.1) is 11.9 Å². The van der Waals surface area contributed by atoms with E-state index in [-0.39, 0.29) is 11.4 Å². The number of hydrogen-bond acceptors (Lipinski definition) is 4. The summed E-state index contributed by atoms with van der Waals surface area (Å²) in [6, 6.07) is 5.48. The SMILES string of the molecule is Cc1cccc(-n2cc(N)c(C(N)=O)n2)n1. The van der Waals surface area contributed by atoms with Gasteiger partial charge in [-0.15, -0.1) is 0 Å². The Morgan fingerprint density at radius 2 is 2.19 bits per heavy atom. The molecular formula is C10H11N5O. The molecule has 6 nitrogen and oxygen atoms in total. The molecule has 2 aromatic rings. The Morgan fingerprint density at radius 3 is 2.75 bits per heavy atom. The Kier molecular flexibility index (Phi) is 2.32. The van der Waals surface area contributed by atoms with Gasteiger partial charge in [-0.05, 0) is 19.1 Å². The molecule has 2 aromatic heterocycles. The highest BCUT2D eigenvalue weighted by molar-refractivity contribution is 5.95. The van der Waals surface area contributed by atoms with Crippen molar-refractivity contribution in [3.05, 3.63) is 35.8 Å². The van der Waals surface area contributed by atoms with Crippen molar-refractivity contribution in [2.45, 2.75) is 6.92 Å². The van der Waals surface area contributed by atoms with E-state index in [4.69, 9.17) is 11.5 Å². The Balaban J connectivity index is 2.49. The van der Waals surface area contributed by atoms with Crippen LogP contribution in [0, 0.1) is 6.92 Å². The third-order valence-electron chi connectivity index (χ3n) is 2.08. The molecule has 0 spiro atoms. The minimum absolute atomic E-state index is 0.0586. The first-order valence-electron chi connectivity index (χ1n) is 4.67. The molecule has 2 heterocycles. The number of pyridine rings is 1. The number of nitrogen functional groups attached to an aromatic ring is 1. The van der Waals surface area contributed by atoms with Crippen LogP contribution in [0.5, 0.6) is 0 Å². The molecular weight excluding hydrogens is 206 g/mol. The standard InChI is InChI=1S/C10H11N5O/c1-6-3-2-4-8(13-6)15-5-7(11)9(14-15)10(12)16/h2-5H,11H2,1H3,(H2,12,16). The number of nitrogens with zero attached hydrogens (tertiary/aromatic N) is 3. The summed E-state index contributed by atoms with van der Waals surface area (Å²) in [5.74, 6) is -0.0527. The van der Waals surface area contributed by atoms with Crippen LogP contribution >= 0.6 is 0 Å². The largest absolute Gasteiger partial charge is 0.396 e. The van der Waals surface area contributed by atoms with Gasteiger partial charge in [-0.2, -0.15) is 5.10 Å². The molecule has 16 heavy (non-hydrogen) atoms. The van der Waals surface area contributed by atoms with E-state index in [0.717, 1.165) is 5.69 Å². The van der Waals surface area contributed by atoms with Gasteiger partial charge in [0.2, 0.25) is 0 Å². The maximum Gasteiger partial charge on any atom is 0.271 e. The van der Waals surface area contributed by atoms with Gasteiger partial charge in [0.1, 0.15) is 0 Å². The molecule has 6 heteroatoms. The van der Waals surface area contributed by atoms with Crippen molar-refractivity contribution in [2.75, 3.05) is 5.73 Å². The lowest BCUT2D eigenvalue weighted by Crippen LogP contribution is -2.14. The quantitative estimate of drug-likeness (QED) is 0.753. The molecule has 0 aliphatic carbocycles. The maximum atomic E-state index is 11.0. The van der Waals surface area contributed by atoms with E-state index < -0.39 is 5.91 Å². The van der Waals surface area contributed by atoms with Crippen LogP contribution < -0.4 is 11.5 Å². The molecule has 0 saturated heterocycles. The highest BCUT2D eigenvalue weighted by Crippen LogP contribution is 2.12. The second-order valence-electron chi connectivity index (χ2n) is 3.38. The van der Waals surface area contributed by atoms with E-state index in [9.17, 15) is 4.79 Å². The average Bonchev–Trinajstić information content (AvgIpc) is 2.60. The lowest BCUT2D eigenvalue weighted by atomic mass is 10.3. The van der Waals surface area contributed by atoms with Crippen LogP contribution in [0.15, 0.2) is 24.4 Å². The average molecular weight is 217 g/mol. The molecule has 0 aliphatic heterocycles. The zero-order valence-corrected chi connectivity index (χ0v) is 8.71. The molecule has 1 amide bonds. The minimum Gasteiger partial charge on any atom is -0.396 e. The summed E-state index contributed by atoms with van der Waals surface area (Å²) in [5, 5.41) is 3.98. The van der Waals surface area contributed by atoms with Crippen LogP contribution in [0.3, 0.4) is 0 Å². The summed E-state index contributed by atoms with van der Waals surface area (Å²) >= 11 is 0. The fourth-order valence-electron chi connectivity index (χ4n) is 1.35. The second-order valence-corrected chi connectivity index (χ2v) is 3.38. The van der Waals surface area contributed by atoms with Gasteiger partial charge in [-0.25, -0.2) is 9.67 Å². The molecule has 82 valence electrons. The molecule has 0 aromatic carbocycles. The fraction of sp³-hybridized carbons (Fsp3) is 0.100. The highest BCUT2D eigenvalue weighted by Gasteiger charge is 2.12.